The monoisotopic (exact) mass is 292 g/mol. The van der Waals surface area contributed by atoms with Crippen molar-refractivity contribution in [3.05, 3.63) is 40.4 Å². The first-order valence-corrected chi connectivity index (χ1v) is 7.24. The molecule has 4 nitrogen and oxygen atoms in total. The average Bonchev–Trinajstić information content (AvgIpc) is 2.67. The third-order valence-corrected chi connectivity index (χ3v) is 3.73. The van der Waals surface area contributed by atoms with Gasteiger partial charge in [-0.3, -0.25) is 4.98 Å². The molecule has 0 unspecified atom stereocenters. The van der Waals surface area contributed by atoms with Crippen LogP contribution < -0.4 is 5.32 Å². The van der Waals surface area contributed by atoms with Crippen molar-refractivity contribution in [3.8, 4) is 5.69 Å². The number of rotatable bonds is 5. The summed E-state index contributed by atoms with van der Waals surface area (Å²) in [5, 5.41) is 8.67. The van der Waals surface area contributed by atoms with Gasteiger partial charge in [0.15, 0.2) is 0 Å². The Morgan fingerprint density at radius 1 is 1.35 bits per heavy atom. The lowest BCUT2D eigenvalue weighted by molar-refractivity contribution is 0.551. The topological polar surface area (TPSA) is 42.7 Å². The number of aromatic nitrogens is 3. The molecular weight excluding hydrogens is 272 g/mol. The Bertz CT molecular complexity index is 590. The molecule has 0 aliphatic rings. The number of nitrogens with zero attached hydrogens (tertiary/aromatic N) is 3. The lowest BCUT2D eigenvalue weighted by atomic mass is 10.2. The molecule has 0 amide bonds. The summed E-state index contributed by atoms with van der Waals surface area (Å²) < 4.78 is 1.87. The number of pyridine rings is 1. The van der Waals surface area contributed by atoms with Gasteiger partial charge in [-0.2, -0.15) is 5.10 Å². The Hall–Kier alpha value is -1.39. The van der Waals surface area contributed by atoms with Crippen LogP contribution in [0.2, 0.25) is 5.02 Å². The summed E-state index contributed by atoms with van der Waals surface area (Å²) in [6.45, 7) is 10.1. The zero-order chi connectivity index (χ0) is 14.7. The van der Waals surface area contributed by atoms with E-state index in [1.807, 2.05) is 37.0 Å². The average molecular weight is 293 g/mol. The van der Waals surface area contributed by atoms with Gasteiger partial charge in [-0.15, -0.1) is 0 Å². The maximum atomic E-state index is 6.23. The maximum absolute atomic E-state index is 6.23. The molecule has 0 atom stereocenters. The van der Waals surface area contributed by atoms with E-state index in [4.69, 9.17) is 11.6 Å². The van der Waals surface area contributed by atoms with Crippen molar-refractivity contribution in [1.82, 2.24) is 20.1 Å². The minimum absolute atomic E-state index is 0.628. The molecule has 2 aromatic rings. The molecular formula is C15H21ClN4. The minimum atomic E-state index is 0.628. The number of aryl methyl sites for hydroxylation is 1. The fourth-order valence-electron chi connectivity index (χ4n) is 2.11. The van der Waals surface area contributed by atoms with Crippen LogP contribution in [0.25, 0.3) is 5.69 Å². The van der Waals surface area contributed by atoms with Gasteiger partial charge in [0.05, 0.1) is 28.3 Å². The fraction of sp³-hybridized carbons (Fsp3) is 0.467. The lowest BCUT2D eigenvalue weighted by Crippen LogP contribution is -2.20. The van der Waals surface area contributed by atoms with Crippen molar-refractivity contribution in [2.75, 3.05) is 6.54 Å². The van der Waals surface area contributed by atoms with Crippen molar-refractivity contribution in [1.29, 1.82) is 0 Å². The summed E-state index contributed by atoms with van der Waals surface area (Å²) in [5.74, 6) is 0.628. The molecule has 2 rings (SSSR count). The van der Waals surface area contributed by atoms with Crippen molar-refractivity contribution in [2.24, 2.45) is 5.92 Å². The molecule has 108 valence electrons. The zero-order valence-corrected chi connectivity index (χ0v) is 13.2. The SMILES string of the molecule is Cc1nn(-c2cnccc2CNCC(C)C)c(C)c1Cl. The quantitative estimate of drug-likeness (QED) is 0.919. The van der Waals surface area contributed by atoms with Crippen LogP contribution >= 0.6 is 11.6 Å². The van der Waals surface area contributed by atoms with Gasteiger partial charge >= 0.3 is 0 Å². The highest BCUT2D eigenvalue weighted by Crippen LogP contribution is 2.23. The molecule has 0 spiro atoms. The third-order valence-electron chi connectivity index (χ3n) is 3.19. The summed E-state index contributed by atoms with van der Waals surface area (Å²) in [4.78, 5) is 4.21. The van der Waals surface area contributed by atoms with E-state index in [1.54, 1.807) is 0 Å². The molecule has 0 aliphatic heterocycles. The Balaban J connectivity index is 2.29. The molecule has 1 N–H and O–H groups in total. The number of halogens is 1. The molecule has 0 saturated carbocycles. The smallest absolute Gasteiger partial charge is 0.0877 e. The maximum Gasteiger partial charge on any atom is 0.0877 e. The number of nitrogens with one attached hydrogen (secondary N) is 1. The second kappa shape index (κ2) is 6.37. The first-order valence-electron chi connectivity index (χ1n) is 6.86. The summed E-state index contributed by atoms with van der Waals surface area (Å²) in [5.41, 5.74) is 3.94. The second-order valence-electron chi connectivity index (χ2n) is 5.43. The highest BCUT2D eigenvalue weighted by atomic mass is 35.5. The summed E-state index contributed by atoms with van der Waals surface area (Å²) in [6, 6.07) is 2.02. The third kappa shape index (κ3) is 3.19. The minimum Gasteiger partial charge on any atom is -0.312 e. The molecule has 0 aliphatic carbocycles. The van der Waals surface area contributed by atoms with Gasteiger partial charge in [0.25, 0.3) is 0 Å². The highest BCUT2D eigenvalue weighted by molar-refractivity contribution is 6.31. The van der Waals surface area contributed by atoms with Crippen LogP contribution in [0.15, 0.2) is 18.5 Å². The predicted octanol–water partition coefficient (Wildman–Crippen LogP) is 3.28. The van der Waals surface area contributed by atoms with Crippen LogP contribution in [0, 0.1) is 19.8 Å². The van der Waals surface area contributed by atoms with E-state index in [1.165, 1.54) is 5.56 Å². The summed E-state index contributed by atoms with van der Waals surface area (Å²) in [6.07, 6.45) is 3.64. The first kappa shape index (κ1) is 15.0. The van der Waals surface area contributed by atoms with E-state index in [2.05, 4.69) is 29.2 Å². The van der Waals surface area contributed by atoms with Crippen LogP contribution in [-0.2, 0) is 6.54 Å². The van der Waals surface area contributed by atoms with E-state index < -0.39 is 0 Å². The van der Waals surface area contributed by atoms with Crippen molar-refractivity contribution in [2.45, 2.75) is 34.2 Å². The van der Waals surface area contributed by atoms with E-state index >= 15 is 0 Å². The van der Waals surface area contributed by atoms with Crippen LogP contribution in [0.5, 0.6) is 0 Å². The van der Waals surface area contributed by atoms with Crippen LogP contribution in [0.4, 0.5) is 0 Å². The Kier molecular flexibility index (Phi) is 4.78. The van der Waals surface area contributed by atoms with Crippen molar-refractivity contribution in [3.63, 3.8) is 0 Å². The van der Waals surface area contributed by atoms with Gasteiger partial charge in [0.1, 0.15) is 0 Å². The normalized spacial score (nSPS) is 11.3. The van der Waals surface area contributed by atoms with Crippen LogP contribution in [0.1, 0.15) is 30.8 Å². The van der Waals surface area contributed by atoms with Gasteiger partial charge in [0, 0.05) is 12.7 Å². The molecule has 0 radical (unpaired) electrons. The molecule has 2 aromatic heterocycles. The second-order valence-corrected chi connectivity index (χ2v) is 5.80. The Morgan fingerprint density at radius 2 is 2.10 bits per heavy atom. The molecule has 5 heteroatoms. The highest BCUT2D eigenvalue weighted by Gasteiger charge is 2.13. The zero-order valence-electron chi connectivity index (χ0n) is 12.4. The number of hydrogen-bond donors (Lipinski definition) is 1. The van der Waals surface area contributed by atoms with E-state index in [-0.39, 0.29) is 0 Å². The number of hydrogen-bond acceptors (Lipinski definition) is 3. The van der Waals surface area contributed by atoms with Gasteiger partial charge in [-0.25, -0.2) is 4.68 Å². The fourth-order valence-corrected chi connectivity index (χ4v) is 2.23. The van der Waals surface area contributed by atoms with Gasteiger partial charge < -0.3 is 5.32 Å². The van der Waals surface area contributed by atoms with Gasteiger partial charge in [-0.05, 0) is 37.9 Å². The summed E-state index contributed by atoms with van der Waals surface area (Å²) in [7, 11) is 0. The Morgan fingerprint density at radius 3 is 2.70 bits per heavy atom. The van der Waals surface area contributed by atoms with E-state index in [0.717, 1.165) is 35.2 Å². The Labute approximate surface area is 125 Å². The van der Waals surface area contributed by atoms with E-state index in [9.17, 15) is 0 Å². The van der Waals surface area contributed by atoms with E-state index in [0.29, 0.717) is 5.92 Å². The van der Waals surface area contributed by atoms with Gasteiger partial charge in [-0.1, -0.05) is 25.4 Å². The molecule has 20 heavy (non-hydrogen) atoms. The van der Waals surface area contributed by atoms with Crippen molar-refractivity contribution < 1.29 is 0 Å². The standard InChI is InChI=1S/C15H21ClN4/c1-10(2)7-18-8-13-5-6-17-9-14(13)20-12(4)15(16)11(3)19-20/h5-6,9-10,18H,7-8H2,1-4H3. The van der Waals surface area contributed by atoms with Gasteiger partial charge in [0.2, 0.25) is 0 Å². The molecule has 0 saturated heterocycles. The molecule has 2 heterocycles. The lowest BCUT2D eigenvalue weighted by Gasteiger charge is -2.12. The van der Waals surface area contributed by atoms with Crippen LogP contribution in [0.3, 0.4) is 0 Å². The van der Waals surface area contributed by atoms with Crippen molar-refractivity contribution >= 4 is 11.6 Å². The van der Waals surface area contributed by atoms with Crippen LogP contribution in [-0.4, -0.2) is 21.3 Å². The largest absolute Gasteiger partial charge is 0.312 e. The molecule has 0 aromatic carbocycles. The molecule has 0 fully saturated rings. The molecule has 0 bridgehead atoms. The first-order chi connectivity index (χ1) is 9.50. The summed E-state index contributed by atoms with van der Waals surface area (Å²) >= 11 is 6.23. The predicted molar refractivity (Wildman–Crippen MR) is 82.4 cm³/mol.